The summed E-state index contributed by atoms with van der Waals surface area (Å²) in [6.07, 6.45) is 5.84. The van der Waals surface area contributed by atoms with Gasteiger partial charge in [-0.05, 0) is 50.9 Å². The van der Waals surface area contributed by atoms with Crippen LogP contribution in [0.3, 0.4) is 0 Å². The van der Waals surface area contributed by atoms with E-state index in [1.165, 1.54) is 0 Å². The number of piperidine rings is 1. The molecule has 0 unspecified atom stereocenters. The molecule has 0 aromatic heterocycles. The largest absolute Gasteiger partial charge is 0.390 e. The van der Waals surface area contributed by atoms with Crippen molar-refractivity contribution in [1.82, 2.24) is 4.90 Å². The first-order chi connectivity index (χ1) is 8.29. The van der Waals surface area contributed by atoms with Crippen LogP contribution in [0.4, 0.5) is 0 Å². The maximum absolute atomic E-state index is 12.4. The SMILES string of the molecule is CC1(C)CCC(C(=O)N2CCC(C)(O)CC2)CC1. The highest BCUT2D eigenvalue weighted by Crippen LogP contribution is 2.39. The van der Waals surface area contributed by atoms with Crippen LogP contribution in [0.25, 0.3) is 0 Å². The Bertz CT molecular complexity index is 272. The number of rotatable bonds is 1. The number of aliphatic hydroxyl groups is 1. The molecule has 1 saturated heterocycles. The molecular weight excluding hydrogens is 226 g/mol. The van der Waals surface area contributed by atoms with Crippen molar-refractivity contribution >= 4 is 5.91 Å². The van der Waals surface area contributed by atoms with Gasteiger partial charge in [0.25, 0.3) is 0 Å². The van der Waals surface area contributed by atoms with Crippen molar-refractivity contribution in [2.45, 2.75) is 64.9 Å². The van der Waals surface area contributed by atoms with Crippen LogP contribution < -0.4 is 0 Å². The van der Waals surface area contributed by atoms with Gasteiger partial charge in [-0.1, -0.05) is 13.8 Å². The van der Waals surface area contributed by atoms with E-state index in [9.17, 15) is 9.90 Å². The minimum absolute atomic E-state index is 0.237. The summed E-state index contributed by atoms with van der Waals surface area (Å²) in [5.41, 5.74) is -0.145. The third kappa shape index (κ3) is 3.25. The Morgan fingerprint density at radius 2 is 1.56 bits per heavy atom. The molecule has 0 spiro atoms. The first kappa shape index (κ1) is 13.9. The topological polar surface area (TPSA) is 40.5 Å². The van der Waals surface area contributed by atoms with E-state index < -0.39 is 5.60 Å². The van der Waals surface area contributed by atoms with Gasteiger partial charge >= 0.3 is 0 Å². The van der Waals surface area contributed by atoms with E-state index in [1.54, 1.807) is 0 Å². The standard InChI is InChI=1S/C15H27NO2/c1-14(2)6-4-12(5-7-14)13(17)16-10-8-15(3,18)9-11-16/h12,18H,4-11H2,1-3H3. The van der Waals surface area contributed by atoms with Crippen molar-refractivity contribution in [3.63, 3.8) is 0 Å². The lowest BCUT2D eigenvalue weighted by Gasteiger charge is -2.40. The number of amides is 1. The Kier molecular flexibility index (Phi) is 3.72. The van der Waals surface area contributed by atoms with Crippen molar-refractivity contribution < 1.29 is 9.90 Å². The Morgan fingerprint density at radius 1 is 1.06 bits per heavy atom. The fraction of sp³-hybridized carbons (Fsp3) is 0.933. The van der Waals surface area contributed by atoms with Crippen molar-refractivity contribution in [3.8, 4) is 0 Å². The van der Waals surface area contributed by atoms with Gasteiger partial charge in [0.1, 0.15) is 0 Å². The van der Waals surface area contributed by atoms with E-state index in [4.69, 9.17) is 0 Å². The molecule has 1 aliphatic carbocycles. The summed E-state index contributed by atoms with van der Waals surface area (Å²) in [5.74, 6) is 0.571. The number of likely N-dealkylation sites (tertiary alicyclic amines) is 1. The van der Waals surface area contributed by atoms with Gasteiger partial charge in [0.2, 0.25) is 5.91 Å². The fourth-order valence-electron chi connectivity index (χ4n) is 3.11. The van der Waals surface area contributed by atoms with Gasteiger partial charge in [0.05, 0.1) is 5.60 Å². The molecule has 0 bridgehead atoms. The number of nitrogens with zero attached hydrogens (tertiary/aromatic N) is 1. The summed E-state index contributed by atoms with van der Waals surface area (Å²) in [6.45, 7) is 7.92. The second kappa shape index (κ2) is 4.84. The van der Waals surface area contributed by atoms with Gasteiger partial charge in [-0.3, -0.25) is 4.79 Å². The van der Waals surface area contributed by atoms with E-state index in [0.717, 1.165) is 51.6 Å². The van der Waals surface area contributed by atoms with Crippen LogP contribution >= 0.6 is 0 Å². The van der Waals surface area contributed by atoms with E-state index >= 15 is 0 Å². The summed E-state index contributed by atoms with van der Waals surface area (Å²) >= 11 is 0. The predicted molar refractivity (Wildman–Crippen MR) is 72.2 cm³/mol. The molecule has 0 radical (unpaired) electrons. The highest BCUT2D eigenvalue weighted by atomic mass is 16.3. The van der Waals surface area contributed by atoms with Crippen molar-refractivity contribution in [2.75, 3.05) is 13.1 Å². The minimum Gasteiger partial charge on any atom is -0.390 e. The van der Waals surface area contributed by atoms with Crippen LogP contribution in [0.5, 0.6) is 0 Å². The zero-order valence-electron chi connectivity index (χ0n) is 12.0. The zero-order valence-corrected chi connectivity index (χ0v) is 12.0. The van der Waals surface area contributed by atoms with Crippen LogP contribution in [0.2, 0.25) is 0 Å². The third-order valence-electron chi connectivity index (χ3n) is 4.84. The first-order valence-electron chi connectivity index (χ1n) is 7.30. The molecule has 2 fully saturated rings. The number of carbonyl (C=O) groups excluding carboxylic acids is 1. The van der Waals surface area contributed by atoms with E-state index in [0.29, 0.717) is 11.3 Å². The first-order valence-corrected chi connectivity index (χ1v) is 7.30. The number of hydrogen-bond donors (Lipinski definition) is 1. The van der Waals surface area contributed by atoms with Crippen molar-refractivity contribution in [3.05, 3.63) is 0 Å². The quantitative estimate of drug-likeness (QED) is 0.780. The highest BCUT2D eigenvalue weighted by molar-refractivity contribution is 5.79. The molecule has 1 heterocycles. The van der Waals surface area contributed by atoms with Crippen LogP contribution in [0, 0.1) is 11.3 Å². The van der Waals surface area contributed by atoms with Crippen molar-refractivity contribution in [2.24, 2.45) is 11.3 Å². The predicted octanol–water partition coefficient (Wildman–Crippen LogP) is 2.58. The van der Waals surface area contributed by atoms with Gasteiger partial charge in [0.15, 0.2) is 0 Å². The summed E-state index contributed by atoms with van der Waals surface area (Å²) < 4.78 is 0. The number of carbonyl (C=O) groups is 1. The molecular formula is C15H27NO2. The maximum atomic E-state index is 12.4. The van der Waals surface area contributed by atoms with Gasteiger partial charge < -0.3 is 10.0 Å². The lowest BCUT2D eigenvalue weighted by atomic mass is 9.72. The average molecular weight is 253 g/mol. The smallest absolute Gasteiger partial charge is 0.225 e. The van der Waals surface area contributed by atoms with E-state index in [-0.39, 0.29) is 5.92 Å². The summed E-state index contributed by atoms with van der Waals surface area (Å²) in [6, 6.07) is 0. The lowest BCUT2D eigenvalue weighted by Crippen LogP contribution is -2.47. The summed E-state index contributed by atoms with van der Waals surface area (Å²) in [4.78, 5) is 14.4. The Morgan fingerprint density at radius 3 is 2.06 bits per heavy atom. The highest BCUT2D eigenvalue weighted by Gasteiger charge is 2.35. The Hall–Kier alpha value is -0.570. The molecule has 3 heteroatoms. The molecule has 1 saturated carbocycles. The molecule has 1 aliphatic heterocycles. The second-order valence-electron chi connectivity index (χ2n) is 7.26. The summed E-state index contributed by atoms with van der Waals surface area (Å²) in [7, 11) is 0. The van der Waals surface area contributed by atoms with E-state index in [1.807, 2.05) is 11.8 Å². The lowest BCUT2D eigenvalue weighted by molar-refractivity contribution is -0.141. The van der Waals surface area contributed by atoms with Gasteiger partial charge in [-0.25, -0.2) is 0 Å². The molecule has 0 aromatic carbocycles. The van der Waals surface area contributed by atoms with E-state index in [2.05, 4.69) is 13.8 Å². The zero-order chi connectivity index (χ0) is 13.4. The Labute approximate surface area is 111 Å². The molecule has 3 nitrogen and oxygen atoms in total. The van der Waals surface area contributed by atoms with Crippen LogP contribution in [0.15, 0.2) is 0 Å². The molecule has 2 aliphatic rings. The van der Waals surface area contributed by atoms with Crippen molar-refractivity contribution in [1.29, 1.82) is 0 Å². The second-order valence-corrected chi connectivity index (χ2v) is 7.26. The maximum Gasteiger partial charge on any atom is 0.225 e. The minimum atomic E-state index is -0.564. The monoisotopic (exact) mass is 253 g/mol. The third-order valence-corrected chi connectivity index (χ3v) is 4.84. The summed E-state index contributed by atoms with van der Waals surface area (Å²) in [5, 5.41) is 9.91. The van der Waals surface area contributed by atoms with Gasteiger partial charge in [-0.15, -0.1) is 0 Å². The van der Waals surface area contributed by atoms with Crippen LogP contribution in [0.1, 0.15) is 59.3 Å². The molecule has 18 heavy (non-hydrogen) atoms. The molecule has 1 amide bonds. The molecule has 104 valence electrons. The molecule has 1 N–H and O–H groups in total. The molecule has 0 atom stereocenters. The normalized spacial score (nSPS) is 28.1. The number of hydrogen-bond acceptors (Lipinski definition) is 2. The van der Waals surface area contributed by atoms with Gasteiger partial charge in [0, 0.05) is 19.0 Å². The van der Waals surface area contributed by atoms with Crippen LogP contribution in [-0.4, -0.2) is 34.6 Å². The van der Waals surface area contributed by atoms with Gasteiger partial charge in [-0.2, -0.15) is 0 Å². The molecule has 0 aromatic rings. The fourth-order valence-corrected chi connectivity index (χ4v) is 3.11. The average Bonchev–Trinajstić information content (AvgIpc) is 2.28. The molecule has 2 rings (SSSR count). The Balaban J connectivity index is 1.86. The van der Waals surface area contributed by atoms with Crippen LogP contribution in [-0.2, 0) is 4.79 Å².